The molecule has 2 aliphatic rings. The molecule has 1 aromatic carbocycles. The van der Waals surface area contributed by atoms with Gasteiger partial charge in [-0.3, -0.25) is 9.97 Å². The quantitative estimate of drug-likeness (QED) is 0.505. The predicted molar refractivity (Wildman–Crippen MR) is 116 cm³/mol. The van der Waals surface area contributed by atoms with Crippen LogP contribution in [-0.2, 0) is 0 Å². The van der Waals surface area contributed by atoms with E-state index < -0.39 is 6.23 Å². The van der Waals surface area contributed by atoms with E-state index in [-0.39, 0.29) is 0 Å². The van der Waals surface area contributed by atoms with Gasteiger partial charge in [0.05, 0.1) is 16.9 Å². The van der Waals surface area contributed by atoms with Crippen molar-refractivity contribution in [2.75, 3.05) is 0 Å². The maximum absolute atomic E-state index is 9.94. The summed E-state index contributed by atoms with van der Waals surface area (Å²) in [7, 11) is 0. The van der Waals surface area contributed by atoms with Crippen molar-refractivity contribution in [3.05, 3.63) is 65.7 Å². The first-order chi connectivity index (χ1) is 14.6. The number of imidazole rings is 1. The van der Waals surface area contributed by atoms with E-state index in [1.54, 1.807) is 0 Å². The Hall–Kier alpha value is -3.09. The van der Waals surface area contributed by atoms with E-state index in [1.807, 2.05) is 55.6 Å². The van der Waals surface area contributed by atoms with Crippen LogP contribution in [0.4, 0.5) is 0 Å². The Labute approximate surface area is 174 Å². The zero-order chi connectivity index (χ0) is 20.4. The number of aryl methyl sites for hydroxylation is 1. The fourth-order valence-electron chi connectivity index (χ4n) is 5.20. The fraction of sp³-hybridized carbons (Fsp3) is 0.292. The van der Waals surface area contributed by atoms with Gasteiger partial charge in [-0.2, -0.15) is 0 Å². The van der Waals surface area contributed by atoms with Gasteiger partial charge in [0.2, 0.25) is 0 Å². The molecule has 6 nitrogen and oxygen atoms in total. The third-order valence-electron chi connectivity index (χ3n) is 6.57. The average Bonchev–Trinajstić information content (AvgIpc) is 3.45. The van der Waals surface area contributed by atoms with E-state index in [9.17, 15) is 5.11 Å². The Kier molecular flexibility index (Phi) is 3.82. The lowest BCUT2D eigenvalue weighted by molar-refractivity contribution is 0.186. The topological polar surface area (TPSA) is 89.9 Å². The van der Waals surface area contributed by atoms with Crippen LogP contribution in [0.25, 0.3) is 33.5 Å². The van der Waals surface area contributed by atoms with Crippen LogP contribution in [0.15, 0.2) is 48.7 Å². The third-order valence-corrected chi connectivity index (χ3v) is 6.57. The van der Waals surface area contributed by atoms with E-state index >= 15 is 0 Å². The number of aliphatic hydroxyl groups excluding tert-OH is 1. The molecule has 3 atom stereocenters. The molecule has 3 N–H and O–H groups in total. The maximum atomic E-state index is 9.94. The summed E-state index contributed by atoms with van der Waals surface area (Å²) < 4.78 is 2.44. The highest BCUT2D eigenvalue weighted by atomic mass is 16.3. The molecule has 4 aromatic rings. The minimum atomic E-state index is -1.02. The largest absolute Gasteiger partial charge is 0.375 e. The molecular weight excluding hydrogens is 374 g/mol. The Morgan fingerprint density at radius 1 is 1.13 bits per heavy atom. The molecule has 150 valence electrons. The SMILES string of the molecule is Cc1cccc(-c2nc3n(c2-c2ccnc4ccc(C(N)O)cc24)C2CCC3C2)n1. The highest BCUT2D eigenvalue weighted by Crippen LogP contribution is 2.53. The van der Waals surface area contributed by atoms with Crippen LogP contribution in [0.3, 0.4) is 0 Å². The van der Waals surface area contributed by atoms with Gasteiger partial charge in [-0.15, -0.1) is 0 Å². The van der Waals surface area contributed by atoms with Crippen molar-refractivity contribution in [1.82, 2.24) is 19.5 Å². The van der Waals surface area contributed by atoms with Gasteiger partial charge in [0.15, 0.2) is 0 Å². The van der Waals surface area contributed by atoms with Gasteiger partial charge in [-0.25, -0.2) is 4.98 Å². The Balaban J connectivity index is 1.67. The smallest absolute Gasteiger partial charge is 0.128 e. The van der Waals surface area contributed by atoms with Crippen LogP contribution in [0, 0.1) is 6.92 Å². The molecule has 1 aliphatic carbocycles. The van der Waals surface area contributed by atoms with E-state index in [0.29, 0.717) is 17.5 Å². The lowest BCUT2D eigenvalue weighted by Gasteiger charge is -2.18. The number of benzene rings is 1. The molecule has 0 spiro atoms. The van der Waals surface area contributed by atoms with Crippen molar-refractivity contribution in [2.45, 2.75) is 44.4 Å². The molecule has 6 heteroatoms. The summed E-state index contributed by atoms with van der Waals surface area (Å²) >= 11 is 0. The van der Waals surface area contributed by atoms with Crippen LogP contribution >= 0.6 is 0 Å². The number of nitrogens with two attached hydrogens (primary N) is 1. The zero-order valence-electron chi connectivity index (χ0n) is 16.8. The summed E-state index contributed by atoms with van der Waals surface area (Å²) in [6.45, 7) is 2.01. The fourth-order valence-corrected chi connectivity index (χ4v) is 5.20. The summed E-state index contributed by atoms with van der Waals surface area (Å²) in [4.78, 5) is 14.5. The highest BCUT2D eigenvalue weighted by Gasteiger charge is 2.41. The van der Waals surface area contributed by atoms with Gasteiger partial charge in [-0.1, -0.05) is 12.1 Å². The second-order valence-electron chi connectivity index (χ2n) is 8.45. The number of nitrogens with zero attached hydrogens (tertiary/aromatic N) is 4. The molecule has 0 amide bonds. The van der Waals surface area contributed by atoms with Crippen LogP contribution in [0.1, 0.15) is 54.5 Å². The lowest BCUT2D eigenvalue weighted by atomic mass is 10.00. The monoisotopic (exact) mass is 397 g/mol. The third kappa shape index (κ3) is 2.54. The number of rotatable bonds is 3. The molecule has 0 radical (unpaired) electrons. The van der Waals surface area contributed by atoms with Gasteiger partial charge in [0.25, 0.3) is 0 Å². The molecular formula is C24H23N5O. The standard InChI is InChI=1S/C24H23N5O/c1-13-3-2-4-20(27-13)21-22(29-16-7-5-15(11-16)24(29)28-21)17-9-10-26-19-8-6-14(23(25)30)12-18(17)19/h2-4,6,8-10,12,15-16,23,30H,5,7,11,25H2,1H3. The lowest BCUT2D eigenvalue weighted by Crippen LogP contribution is -2.09. The van der Waals surface area contributed by atoms with Crippen LogP contribution in [0.2, 0.25) is 0 Å². The number of hydrogen-bond donors (Lipinski definition) is 2. The number of aliphatic hydroxyl groups is 1. The number of fused-ring (bicyclic) bond motifs is 6. The van der Waals surface area contributed by atoms with Crippen molar-refractivity contribution < 1.29 is 5.11 Å². The van der Waals surface area contributed by atoms with Gasteiger partial charge in [0, 0.05) is 34.8 Å². The van der Waals surface area contributed by atoms with E-state index in [1.165, 1.54) is 25.1 Å². The molecule has 0 saturated heterocycles. The van der Waals surface area contributed by atoms with Gasteiger partial charge >= 0.3 is 0 Å². The second kappa shape index (κ2) is 6.45. The molecule has 3 aromatic heterocycles. The summed E-state index contributed by atoms with van der Waals surface area (Å²) in [5, 5.41) is 10.9. The molecule has 1 saturated carbocycles. The maximum Gasteiger partial charge on any atom is 0.128 e. The normalized spacial score (nSPS) is 20.6. The van der Waals surface area contributed by atoms with Gasteiger partial charge in [0.1, 0.15) is 17.7 Å². The van der Waals surface area contributed by atoms with Crippen molar-refractivity contribution >= 4 is 10.9 Å². The number of aromatic nitrogens is 4. The molecule has 4 heterocycles. The zero-order valence-corrected chi connectivity index (χ0v) is 16.8. The molecule has 6 rings (SSSR count). The van der Waals surface area contributed by atoms with E-state index in [0.717, 1.165) is 39.2 Å². The summed E-state index contributed by atoms with van der Waals surface area (Å²) in [6.07, 6.45) is 4.40. The Morgan fingerprint density at radius 2 is 2.03 bits per heavy atom. The van der Waals surface area contributed by atoms with Crippen molar-refractivity contribution in [3.63, 3.8) is 0 Å². The average molecular weight is 397 g/mol. The first kappa shape index (κ1) is 17.7. The van der Waals surface area contributed by atoms with Crippen LogP contribution in [-0.4, -0.2) is 24.6 Å². The minimum absolute atomic E-state index is 0.484. The van der Waals surface area contributed by atoms with Crippen molar-refractivity contribution in [1.29, 1.82) is 0 Å². The summed E-state index contributed by atoms with van der Waals surface area (Å²) in [6, 6.07) is 14.3. The number of hydrogen-bond acceptors (Lipinski definition) is 5. The predicted octanol–water partition coefficient (Wildman–Crippen LogP) is 4.24. The van der Waals surface area contributed by atoms with Crippen LogP contribution < -0.4 is 5.73 Å². The molecule has 1 fully saturated rings. The Morgan fingerprint density at radius 3 is 2.87 bits per heavy atom. The van der Waals surface area contributed by atoms with Gasteiger partial charge < -0.3 is 15.4 Å². The van der Waals surface area contributed by atoms with Crippen molar-refractivity contribution in [3.8, 4) is 22.6 Å². The minimum Gasteiger partial charge on any atom is -0.375 e. The molecule has 3 unspecified atom stereocenters. The first-order valence-electron chi connectivity index (χ1n) is 10.5. The second-order valence-corrected chi connectivity index (χ2v) is 8.45. The molecule has 30 heavy (non-hydrogen) atoms. The first-order valence-corrected chi connectivity index (χ1v) is 10.5. The summed E-state index contributed by atoms with van der Waals surface area (Å²) in [5.74, 6) is 1.71. The summed E-state index contributed by atoms with van der Waals surface area (Å²) in [5.41, 5.74) is 12.3. The highest BCUT2D eigenvalue weighted by molar-refractivity contribution is 5.97. The van der Waals surface area contributed by atoms with E-state index in [4.69, 9.17) is 15.7 Å². The molecule has 2 bridgehead atoms. The number of pyridine rings is 2. The van der Waals surface area contributed by atoms with Crippen molar-refractivity contribution in [2.24, 2.45) is 5.73 Å². The van der Waals surface area contributed by atoms with E-state index in [2.05, 4.69) is 9.55 Å². The van der Waals surface area contributed by atoms with Gasteiger partial charge in [-0.05, 0) is 62.1 Å². The Bertz CT molecular complexity index is 1290. The van der Waals surface area contributed by atoms with Crippen LogP contribution in [0.5, 0.6) is 0 Å². The molecule has 1 aliphatic heterocycles.